The molecule has 2 heterocycles. The third-order valence-corrected chi connectivity index (χ3v) is 4.52. The predicted molar refractivity (Wildman–Crippen MR) is 91.7 cm³/mol. The van der Waals surface area contributed by atoms with Gasteiger partial charge in [-0.3, -0.25) is 0 Å². The number of hydrogen-bond acceptors (Lipinski definition) is 3. The van der Waals surface area contributed by atoms with Gasteiger partial charge in [0, 0.05) is 38.6 Å². The average molecular weight is 315 g/mol. The summed E-state index contributed by atoms with van der Waals surface area (Å²) in [6.07, 6.45) is 0.709. The molecule has 124 valence electrons. The molecule has 1 aromatic carbocycles. The Morgan fingerprint density at radius 1 is 1.43 bits per heavy atom. The lowest BCUT2D eigenvalue weighted by Gasteiger charge is -2.31. The van der Waals surface area contributed by atoms with Crippen LogP contribution in [0.2, 0.25) is 0 Å². The minimum absolute atomic E-state index is 0.0153. The molecule has 3 rings (SSSR count). The maximum absolute atomic E-state index is 12.2. The Bertz CT molecular complexity index is 708. The highest BCUT2D eigenvalue weighted by Crippen LogP contribution is 2.19. The molecular weight excluding hydrogens is 290 g/mol. The van der Waals surface area contributed by atoms with E-state index in [1.807, 2.05) is 4.90 Å². The third-order valence-electron chi connectivity index (χ3n) is 4.52. The number of aromatic amines is 1. The second-order valence-corrected chi connectivity index (χ2v) is 6.37. The van der Waals surface area contributed by atoms with Crippen molar-refractivity contribution < 1.29 is 4.79 Å². The maximum Gasteiger partial charge on any atom is 0.317 e. The van der Waals surface area contributed by atoms with Crippen molar-refractivity contribution in [2.75, 3.05) is 26.2 Å². The normalized spacial score (nSPS) is 18.4. The van der Waals surface area contributed by atoms with Crippen LogP contribution >= 0.6 is 0 Å². The smallest absolute Gasteiger partial charge is 0.317 e. The number of imidazole rings is 1. The Morgan fingerprint density at radius 2 is 2.26 bits per heavy atom. The number of hydrogen-bond donors (Lipinski definition) is 3. The summed E-state index contributed by atoms with van der Waals surface area (Å²) in [7, 11) is 0. The lowest BCUT2D eigenvalue weighted by atomic mass is 10.1. The Kier molecular flexibility index (Phi) is 4.52. The molecule has 0 spiro atoms. The van der Waals surface area contributed by atoms with E-state index < -0.39 is 0 Å². The Hall–Kier alpha value is -2.08. The van der Waals surface area contributed by atoms with Crippen LogP contribution in [0.1, 0.15) is 23.9 Å². The molecule has 0 aliphatic carbocycles. The predicted octanol–water partition coefficient (Wildman–Crippen LogP) is 1.73. The van der Waals surface area contributed by atoms with E-state index in [0.29, 0.717) is 19.0 Å². The van der Waals surface area contributed by atoms with Crippen LogP contribution in [0.25, 0.3) is 11.0 Å². The number of H-pyrrole nitrogens is 1. The fourth-order valence-electron chi connectivity index (χ4n) is 3.00. The van der Waals surface area contributed by atoms with Gasteiger partial charge in [-0.25, -0.2) is 9.78 Å². The van der Waals surface area contributed by atoms with Gasteiger partial charge in [-0.1, -0.05) is 6.07 Å². The number of carbonyl (C=O) groups is 1. The van der Waals surface area contributed by atoms with Crippen molar-refractivity contribution in [2.45, 2.75) is 33.2 Å². The van der Waals surface area contributed by atoms with Gasteiger partial charge < -0.3 is 20.5 Å². The van der Waals surface area contributed by atoms with E-state index >= 15 is 0 Å². The minimum atomic E-state index is 0.0153. The van der Waals surface area contributed by atoms with Gasteiger partial charge in [0.1, 0.15) is 5.82 Å². The zero-order chi connectivity index (χ0) is 16.4. The van der Waals surface area contributed by atoms with Crippen LogP contribution in [-0.2, 0) is 6.42 Å². The number of rotatable bonds is 3. The van der Waals surface area contributed by atoms with Crippen LogP contribution in [0, 0.1) is 13.8 Å². The number of nitrogens with zero attached hydrogens (tertiary/aromatic N) is 2. The summed E-state index contributed by atoms with van der Waals surface area (Å²) in [5.74, 6) is 0.919. The van der Waals surface area contributed by atoms with E-state index in [-0.39, 0.29) is 6.03 Å². The van der Waals surface area contributed by atoms with Crippen LogP contribution in [0.4, 0.5) is 4.79 Å². The number of aromatic nitrogens is 2. The molecule has 23 heavy (non-hydrogen) atoms. The van der Waals surface area contributed by atoms with E-state index in [1.54, 1.807) is 0 Å². The van der Waals surface area contributed by atoms with Crippen LogP contribution in [-0.4, -0.2) is 53.1 Å². The molecule has 1 aromatic heterocycles. The van der Waals surface area contributed by atoms with Gasteiger partial charge in [-0.15, -0.1) is 0 Å². The molecule has 1 aliphatic rings. The molecule has 0 bridgehead atoms. The summed E-state index contributed by atoms with van der Waals surface area (Å²) in [4.78, 5) is 22.0. The van der Waals surface area contributed by atoms with Crippen molar-refractivity contribution in [2.24, 2.45) is 0 Å². The number of piperazine rings is 1. The molecule has 0 saturated carbocycles. The van der Waals surface area contributed by atoms with E-state index in [9.17, 15) is 4.79 Å². The molecule has 1 aliphatic heterocycles. The Balaban J connectivity index is 1.56. The van der Waals surface area contributed by atoms with Gasteiger partial charge in [-0.05, 0) is 38.0 Å². The molecule has 2 amide bonds. The largest absolute Gasteiger partial charge is 0.342 e. The van der Waals surface area contributed by atoms with Crippen LogP contribution < -0.4 is 10.6 Å². The molecule has 3 N–H and O–H groups in total. The first kappa shape index (κ1) is 15.8. The summed E-state index contributed by atoms with van der Waals surface area (Å²) in [5, 5.41) is 6.33. The lowest BCUT2D eigenvalue weighted by molar-refractivity contribution is 0.179. The molecular formula is C17H25N5O. The molecule has 0 unspecified atom stereocenters. The van der Waals surface area contributed by atoms with Crippen LogP contribution in [0.15, 0.2) is 12.1 Å². The monoisotopic (exact) mass is 315 g/mol. The topological polar surface area (TPSA) is 73.1 Å². The quantitative estimate of drug-likeness (QED) is 0.807. The van der Waals surface area contributed by atoms with E-state index in [2.05, 4.69) is 53.5 Å². The summed E-state index contributed by atoms with van der Waals surface area (Å²) in [6.45, 7) is 9.26. The van der Waals surface area contributed by atoms with E-state index in [0.717, 1.165) is 36.5 Å². The number of carbonyl (C=O) groups excluding carboxylic acids is 1. The molecule has 1 fully saturated rings. The van der Waals surface area contributed by atoms with Gasteiger partial charge in [0.05, 0.1) is 11.0 Å². The van der Waals surface area contributed by atoms with Gasteiger partial charge >= 0.3 is 6.03 Å². The van der Waals surface area contributed by atoms with Crippen molar-refractivity contribution in [3.63, 3.8) is 0 Å². The SMILES string of the molecule is Cc1ccc2[nH]c(CCNC(=O)N3CCN[C@H](C)C3)nc2c1C. The summed E-state index contributed by atoms with van der Waals surface area (Å²) in [6, 6.07) is 4.54. The van der Waals surface area contributed by atoms with Gasteiger partial charge in [-0.2, -0.15) is 0 Å². The van der Waals surface area contributed by atoms with E-state index in [4.69, 9.17) is 0 Å². The fraction of sp³-hybridized carbons (Fsp3) is 0.529. The Labute approximate surface area is 136 Å². The highest BCUT2D eigenvalue weighted by Gasteiger charge is 2.19. The van der Waals surface area contributed by atoms with E-state index in [1.165, 1.54) is 11.1 Å². The van der Waals surface area contributed by atoms with Gasteiger partial charge in [0.2, 0.25) is 0 Å². The average Bonchev–Trinajstić information content (AvgIpc) is 2.95. The van der Waals surface area contributed by atoms with Crippen LogP contribution in [0.5, 0.6) is 0 Å². The fourth-order valence-corrected chi connectivity index (χ4v) is 3.00. The second kappa shape index (κ2) is 6.58. The Morgan fingerprint density at radius 3 is 3.04 bits per heavy atom. The number of amides is 2. The van der Waals surface area contributed by atoms with Crippen molar-refractivity contribution in [1.29, 1.82) is 0 Å². The van der Waals surface area contributed by atoms with Gasteiger partial charge in [0.15, 0.2) is 0 Å². The minimum Gasteiger partial charge on any atom is -0.342 e. The molecule has 6 heteroatoms. The van der Waals surface area contributed by atoms with Crippen LogP contribution in [0.3, 0.4) is 0 Å². The lowest BCUT2D eigenvalue weighted by Crippen LogP contribution is -2.54. The number of benzene rings is 1. The number of aryl methyl sites for hydroxylation is 2. The number of nitrogens with one attached hydrogen (secondary N) is 3. The summed E-state index contributed by atoms with van der Waals surface area (Å²) < 4.78 is 0. The van der Waals surface area contributed by atoms with Crippen molar-refractivity contribution in [3.05, 3.63) is 29.1 Å². The van der Waals surface area contributed by atoms with Crippen molar-refractivity contribution in [3.8, 4) is 0 Å². The third kappa shape index (κ3) is 3.47. The van der Waals surface area contributed by atoms with Gasteiger partial charge in [0.25, 0.3) is 0 Å². The highest BCUT2D eigenvalue weighted by atomic mass is 16.2. The molecule has 2 aromatic rings. The molecule has 6 nitrogen and oxygen atoms in total. The van der Waals surface area contributed by atoms with Crippen molar-refractivity contribution >= 4 is 17.1 Å². The molecule has 1 atom stereocenters. The summed E-state index contributed by atoms with van der Waals surface area (Å²) in [5.41, 5.74) is 4.55. The number of fused-ring (bicyclic) bond motifs is 1. The first-order valence-electron chi connectivity index (χ1n) is 8.25. The standard InChI is InChI=1S/C17H25N5O/c1-11-4-5-14-16(13(11)3)21-15(20-14)6-7-19-17(23)22-9-8-18-12(2)10-22/h4-5,12,18H,6-10H2,1-3H3,(H,19,23)(H,20,21)/t12-/m1/s1. The zero-order valence-electron chi connectivity index (χ0n) is 14.1. The first-order chi connectivity index (χ1) is 11.0. The first-order valence-corrected chi connectivity index (χ1v) is 8.25. The highest BCUT2D eigenvalue weighted by molar-refractivity contribution is 5.80. The molecule has 1 saturated heterocycles. The second-order valence-electron chi connectivity index (χ2n) is 6.37. The summed E-state index contributed by atoms with van der Waals surface area (Å²) >= 11 is 0. The zero-order valence-corrected chi connectivity index (χ0v) is 14.1. The van der Waals surface area contributed by atoms with Crippen molar-refractivity contribution in [1.82, 2.24) is 25.5 Å². The molecule has 0 radical (unpaired) electrons. The maximum atomic E-state index is 12.2. The number of urea groups is 1.